The minimum absolute atomic E-state index is 0.0926. The van der Waals surface area contributed by atoms with E-state index in [2.05, 4.69) is 31.8 Å². The Morgan fingerprint density at radius 1 is 1.06 bits per heavy atom. The van der Waals surface area contributed by atoms with Crippen LogP contribution in [0.3, 0.4) is 0 Å². The number of rotatable bonds is 3. The van der Waals surface area contributed by atoms with Crippen molar-refractivity contribution in [3.8, 4) is 0 Å². The largest absolute Gasteiger partial charge is 0.389 e. The van der Waals surface area contributed by atoms with E-state index in [0.717, 1.165) is 31.9 Å². The number of nitrogens with two attached hydrogens (primary N) is 1. The number of piperazine rings is 1. The van der Waals surface area contributed by atoms with Crippen LogP contribution >= 0.6 is 0 Å². The van der Waals surface area contributed by atoms with E-state index in [9.17, 15) is 9.90 Å². The van der Waals surface area contributed by atoms with E-state index < -0.39 is 6.10 Å². The first-order chi connectivity index (χ1) is 15.0. The number of nitrogens with zero attached hydrogens (tertiary/aromatic N) is 7. The van der Waals surface area contributed by atoms with Crippen LogP contribution in [0.2, 0.25) is 0 Å². The summed E-state index contributed by atoms with van der Waals surface area (Å²) < 4.78 is 1.78. The van der Waals surface area contributed by atoms with Gasteiger partial charge in [0, 0.05) is 50.5 Å². The Balaban J connectivity index is 1.31. The molecule has 2 atom stereocenters. The van der Waals surface area contributed by atoms with E-state index in [-0.39, 0.29) is 18.5 Å². The van der Waals surface area contributed by atoms with Gasteiger partial charge in [0.25, 0.3) is 5.91 Å². The number of carbonyl (C=O) groups excluding carboxylic acids is 1. The zero-order valence-corrected chi connectivity index (χ0v) is 17.4. The Hall–Kier alpha value is -3.24. The zero-order chi connectivity index (χ0) is 21.5. The lowest BCUT2D eigenvalue weighted by Gasteiger charge is -2.34. The van der Waals surface area contributed by atoms with Crippen LogP contribution < -0.4 is 10.6 Å². The van der Waals surface area contributed by atoms with Gasteiger partial charge in [0.1, 0.15) is 11.8 Å². The predicted octanol–water partition coefficient (Wildman–Crippen LogP) is 0.218. The Bertz CT molecular complexity index is 1090. The number of amides is 1. The number of benzene rings is 1. The van der Waals surface area contributed by atoms with Crippen LogP contribution in [0.5, 0.6) is 0 Å². The first-order valence-corrected chi connectivity index (χ1v) is 10.4. The van der Waals surface area contributed by atoms with Crippen LogP contribution in [0.15, 0.2) is 36.9 Å². The van der Waals surface area contributed by atoms with Gasteiger partial charge in [-0.3, -0.25) is 4.79 Å². The molecule has 0 saturated carbocycles. The second-order valence-electron chi connectivity index (χ2n) is 8.26. The minimum Gasteiger partial charge on any atom is -0.389 e. The van der Waals surface area contributed by atoms with Gasteiger partial charge in [-0.05, 0) is 31.3 Å². The topological polar surface area (TPSA) is 117 Å². The molecule has 162 valence electrons. The highest BCUT2D eigenvalue weighted by molar-refractivity contribution is 5.95. The number of β-amino-alcohol motifs (C(OH)–C–C–N with tert-alkyl or cyclic N) is 1. The highest BCUT2D eigenvalue weighted by Gasteiger charge is 2.36. The van der Waals surface area contributed by atoms with E-state index in [4.69, 9.17) is 5.73 Å². The zero-order valence-electron chi connectivity index (χ0n) is 17.4. The second-order valence-corrected chi connectivity index (χ2v) is 8.26. The molecule has 4 heterocycles. The van der Waals surface area contributed by atoms with Crippen molar-refractivity contribution in [1.82, 2.24) is 29.3 Å². The smallest absolute Gasteiger partial charge is 0.254 e. The van der Waals surface area contributed by atoms with Crippen molar-refractivity contribution >= 4 is 28.6 Å². The van der Waals surface area contributed by atoms with Crippen LogP contribution in [0, 0.1) is 0 Å². The summed E-state index contributed by atoms with van der Waals surface area (Å²) in [6.07, 6.45) is 2.26. The van der Waals surface area contributed by atoms with Gasteiger partial charge in [-0.25, -0.2) is 15.0 Å². The van der Waals surface area contributed by atoms with E-state index >= 15 is 0 Å². The average molecular weight is 422 g/mol. The third-order valence-corrected chi connectivity index (χ3v) is 6.27. The first kappa shape index (κ1) is 19.7. The number of aromatic nitrogens is 4. The molecule has 2 aliphatic rings. The number of fused-ring (bicyclic) bond motifs is 1. The Kier molecular flexibility index (Phi) is 4.95. The van der Waals surface area contributed by atoms with E-state index in [1.165, 1.54) is 6.33 Å². The molecule has 10 heteroatoms. The Morgan fingerprint density at radius 2 is 1.81 bits per heavy atom. The number of imidazole rings is 1. The molecule has 1 amide bonds. The number of carbonyl (C=O) groups is 1. The molecule has 0 bridgehead atoms. The van der Waals surface area contributed by atoms with Gasteiger partial charge in [0.15, 0.2) is 11.5 Å². The van der Waals surface area contributed by atoms with E-state index in [0.29, 0.717) is 29.1 Å². The summed E-state index contributed by atoms with van der Waals surface area (Å²) in [6, 6.07) is 7.41. The fourth-order valence-corrected chi connectivity index (χ4v) is 4.38. The summed E-state index contributed by atoms with van der Waals surface area (Å²) >= 11 is 0. The highest BCUT2D eigenvalue weighted by atomic mass is 16.3. The highest BCUT2D eigenvalue weighted by Crippen LogP contribution is 2.28. The molecule has 0 aliphatic carbocycles. The molecule has 3 N–H and O–H groups in total. The summed E-state index contributed by atoms with van der Waals surface area (Å²) in [5, 5.41) is 10.7. The van der Waals surface area contributed by atoms with Crippen LogP contribution in [-0.2, 0) is 0 Å². The maximum Gasteiger partial charge on any atom is 0.254 e. The normalized spacial score (nSPS) is 22.4. The van der Waals surface area contributed by atoms with Crippen molar-refractivity contribution in [3.63, 3.8) is 0 Å². The number of hydrogen-bond donors (Lipinski definition) is 2. The van der Waals surface area contributed by atoms with Gasteiger partial charge < -0.3 is 30.1 Å². The molecule has 10 nitrogen and oxygen atoms in total. The van der Waals surface area contributed by atoms with Crippen LogP contribution in [0.4, 0.5) is 11.5 Å². The summed E-state index contributed by atoms with van der Waals surface area (Å²) in [5.41, 5.74) is 8.67. The number of likely N-dealkylation sites (tertiary alicyclic amines) is 1. The van der Waals surface area contributed by atoms with Crippen LogP contribution in [0.25, 0.3) is 11.2 Å². The van der Waals surface area contributed by atoms with Crippen molar-refractivity contribution < 1.29 is 9.90 Å². The van der Waals surface area contributed by atoms with Gasteiger partial charge in [0.05, 0.1) is 18.5 Å². The van der Waals surface area contributed by atoms with Crippen molar-refractivity contribution in [2.24, 2.45) is 0 Å². The number of aliphatic hydroxyl groups excluding tert-OH is 1. The molecule has 2 saturated heterocycles. The lowest BCUT2D eigenvalue weighted by molar-refractivity contribution is 0.0764. The fourth-order valence-electron chi connectivity index (χ4n) is 4.38. The maximum absolute atomic E-state index is 13.1. The molecule has 1 aromatic carbocycles. The van der Waals surface area contributed by atoms with Gasteiger partial charge in [-0.15, -0.1) is 0 Å². The summed E-state index contributed by atoms with van der Waals surface area (Å²) in [5.74, 6) is 0.203. The summed E-state index contributed by atoms with van der Waals surface area (Å²) in [4.78, 5) is 31.9. The molecular formula is C21H26N8O2. The van der Waals surface area contributed by atoms with E-state index in [1.807, 2.05) is 24.3 Å². The minimum atomic E-state index is -0.720. The molecule has 2 aliphatic heterocycles. The van der Waals surface area contributed by atoms with Crippen molar-refractivity contribution in [2.45, 2.75) is 12.1 Å². The molecule has 31 heavy (non-hydrogen) atoms. The SMILES string of the molecule is CN1CCN(c2ccc(C(=O)N3C[C@H](O)[C@@H](n4cnc5c(N)ncnc54)C3)cc2)CC1. The third kappa shape index (κ3) is 3.57. The molecule has 2 aromatic heterocycles. The molecule has 0 unspecified atom stereocenters. The van der Waals surface area contributed by atoms with Crippen molar-refractivity contribution in [3.05, 3.63) is 42.5 Å². The summed E-state index contributed by atoms with van der Waals surface area (Å²) in [7, 11) is 2.13. The number of anilines is 2. The molecular weight excluding hydrogens is 396 g/mol. The maximum atomic E-state index is 13.1. The standard InChI is InChI=1S/C21H26N8O2/c1-26-6-8-27(9-7-26)15-4-2-14(3-5-15)21(31)28-10-16(17(30)11-28)29-13-25-18-19(22)23-12-24-20(18)29/h2-5,12-13,16-17,30H,6-11H2,1H3,(H2,22,23,24)/t16-,17-/m0/s1. The summed E-state index contributed by atoms with van der Waals surface area (Å²) in [6.45, 7) is 4.66. The molecule has 5 rings (SSSR count). The number of hydrogen-bond acceptors (Lipinski definition) is 8. The molecule has 2 fully saturated rings. The Labute approximate surface area is 179 Å². The van der Waals surface area contributed by atoms with Gasteiger partial charge in [0.2, 0.25) is 0 Å². The fraction of sp³-hybridized carbons (Fsp3) is 0.429. The molecule has 0 radical (unpaired) electrons. The van der Waals surface area contributed by atoms with Gasteiger partial charge in [-0.2, -0.15) is 0 Å². The Morgan fingerprint density at radius 3 is 2.55 bits per heavy atom. The van der Waals surface area contributed by atoms with Gasteiger partial charge >= 0.3 is 0 Å². The monoisotopic (exact) mass is 422 g/mol. The van der Waals surface area contributed by atoms with E-state index in [1.54, 1.807) is 15.8 Å². The van der Waals surface area contributed by atoms with Crippen LogP contribution in [-0.4, -0.2) is 92.8 Å². The number of likely N-dealkylation sites (N-methyl/N-ethyl adjacent to an activating group) is 1. The van der Waals surface area contributed by atoms with Crippen molar-refractivity contribution in [2.75, 3.05) is 56.9 Å². The lowest BCUT2D eigenvalue weighted by Crippen LogP contribution is -2.44. The van der Waals surface area contributed by atoms with Gasteiger partial charge in [-0.1, -0.05) is 0 Å². The second kappa shape index (κ2) is 7.78. The quantitative estimate of drug-likeness (QED) is 0.616. The third-order valence-electron chi connectivity index (χ3n) is 6.27. The number of nitrogen functional groups attached to an aromatic ring is 1. The molecule has 0 spiro atoms. The lowest BCUT2D eigenvalue weighted by atomic mass is 10.1. The molecule has 3 aromatic rings. The van der Waals surface area contributed by atoms with Crippen molar-refractivity contribution in [1.29, 1.82) is 0 Å². The first-order valence-electron chi connectivity index (χ1n) is 10.4. The van der Waals surface area contributed by atoms with Crippen LogP contribution in [0.1, 0.15) is 16.4 Å². The number of aliphatic hydroxyl groups is 1. The average Bonchev–Trinajstić information content (AvgIpc) is 3.38. The predicted molar refractivity (Wildman–Crippen MR) is 117 cm³/mol.